The molecule has 1 aromatic carbocycles. The van der Waals surface area contributed by atoms with Crippen LogP contribution in [0.5, 0.6) is 11.5 Å². The monoisotopic (exact) mass is 318 g/mol. The molecule has 0 saturated carbocycles. The number of thiophene rings is 1. The van der Waals surface area contributed by atoms with E-state index in [2.05, 4.69) is 10.2 Å². The van der Waals surface area contributed by atoms with Gasteiger partial charge >= 0.3 is 6.36 Å². The maximum absolute atomic E-state index is 12.3. The first-order valence-electron chi connectivity index (χ1n) is 5.87. The molecule has 0 fully saturated rings. The Morgan fingerprint density at radius 3 is 2.57 bits per heavy atom. The number of methoxy groups -OCH3 is 1. The Kier molecular flexibility index (Phi) is 4.71. The van der Waals surface area contributed by atoms with Crippen LogP contribution in [0.2, 0.25) is 0 Å². The van der Waals surface area contributed by atoms with Crippen molar-refractivity contribution >= 4 is 11.3 Å². The van der Waals surface area contributed by atoms with Crippen LogP contribution in [-0.4, -0.2) is 13.5 Å². The summed E-state index contributed by atoms with van der Waals surface area (Å²) in [6, 6.07) is 7.00. The molecule has 0 aliphatic heterocycles. The average Bonchev–Trinajstić information content (AvgIpc) is 2.87. The number of hydrogen-bond donors (Lipinski definition) is 2. The molecular formula is C13H13F3N2O2S. The molecule has 2 rings (SSSR count). The van der Waals surface area contributed by atoms with E-state index in [1.807, 2.05) is 0 Å². The lowest BCUT2D eigenvalue weighted by Crippen LogP contribution is -2.28. The second-order valence-electron chi connectivity index (χ2n) is 4.11. The Bertz CT molecular complexity index is 601. The van der Waals surface area contributed by atoms with Crippen molar-refractivity contribution in [3.8, 4) is 11.5 Å². The maximum atomic E-state index is 12.3. The summed E-state index contributed by atoms with van der Waals surface area (Å²) in [5.41, 5.74) is 3.14. The van der Waals surface area contributed by atoms with E-state index in [9.17, 15) is 13.2 Å². The number of ether oxygens (including phenoxy) is 2. The molecule has 0 aliphatic rings. The fourth-order valence-electron chi connectivity index (χ4n) is 1.83. The predicted octanol–water partition coefficient (Wildman–Crippen LogP) is 3.21. The van der Waals surface area contributed by atoms with Crippen molar-refractivity contribution < 1.29 is 22.6 Å². The molecule has 3 N–H and O–H groups in total. The van der Waals surface area contributed by atoms with Crippen LogP contribution in [0.15, 0.2) is 35.7 Å². The van der Waals surface area contributed by atoms with Crippen LogP contribution in [0.3, 0.4) is 0 Å². The predicted molar refractivity (Wildman–Crippen MR) is 73.2 cm³/mol. The third kappa shape index (κ3) is 4.10. The van der Waals surface area contributed by atoms with Crippen molar-refractivity contribution in [2.24, 2.45) is 5.84 Å². The van der Waals surface area contributed by atoms with Crippen LogP contribution >= 0.6 is 11.3 Å². The van der Waals surface area contributed by atoms with Gasteiger partial charge in [0.05, 0.1) is 13.2 Å². The fraction of sp³-hybridized carbons (Fsp3) is 0.231. The quantitative estimate of drug-likeness (QED) is 0.656. The van der Waals surface area contributed by atoms with Crippen molar-refractivity contribution in [2.45, 2.75) is 12.4 Å². The van der Waals surface area contributed by atoms with E-state index in [-0.39, 0.29) is 5.75 Å². The summed E-state index contributed by atoms with van der Waals surface area (Å²) in [5, 5.41) is 1.79. The molecule has 0 saturated heterocycles. The van der Waals surface area contributed by atoms with Gasteiger partial charge in [0.25, 0.3) is 0 Å². The highest BCUT2D eigenvalue weighted by molar-refractivity contribution is 7.10. The third-order valence-corrected chi connectivity index (χ3v) is 3.68. The zero-order valence-corrected chi connectivity index (χ0v) is 11.8. The normalized spacial score (nSPS) is 13.0. The number of alkyl halides is 3. The summed E-state index contributed by atoms with van der Waals surface area (Å²) in [6.45, 7) is 0. The molecule has 8 heteroatoms. The molecule has 1 unspecified atom stereocenters. The second kappa shape index (κ2) is 6.33. The fourth-order valence-corrected chi connectivity index (χ4v) is 2.77. The van der Waals surface area contributed by atoms with Crippen LogP contribution in [0, 0.1) is 0 Å². The third-order valence-electron chi connectivity index (χ3n) is 2.71. The van der Waals surface area contributed by atoms with Gasteiger partial charge in [-0.3, -0.25) is 5.84 Å². The van der Waals surface area contributed by atoms with Crippen molar-refractivity contribution in [2.75, 3.05) is 7.11 Å². The highest BCUT2D eigenvalue weighted by atomic mass is 32.1. The summed E-state index contributed by atoms with van der Waals surface area (Å²) < 4.78 is 45.7. The largest absolute Gasteiger partial charge is 0.573 e. The van der Waals surface area contributed by atoms with E-state index < -0.39 is 12.4 Å². The van der Waals surface area contributed by atoms with Gasteiger partial charge in [0.1, 0.15) is 11.5 Å². The Labute approximate surface area is 123 Å². The molecule has 4 nitrogen and oxygen atoms in total. The number of benzene rings is 1. The number of hydrogen-bond acceptors (Lipinski definition) is 5. The molecule has 1 heterocycles. The van der Waals surface area contributed by atoms with E-state index >= 15 is 0 Å². The first-order chi connectivity index (χ1) is 9.93. The lowest BCUT2D eigenvalue weighted by molar-refractivity contribution is -0.274. The Hall–Kier alpha value is -1.77. The van der Waals surface area contributed by atoms with E-state index in [0.717, 1.165) is 4.88 Å². The van der Waals surface area contributed by atoms with Crippen LogP contribution in [0.25, 0.3) is 0 Å². The number of nitrogens with two attached hydrogens (primary N) is 1. The van der Waals surface area contributed by atoms with Gasteiger partial charge in [-0.25, -0.2) is 5.43 Å². The van der Waals surface area contributed by atoms with Crippen molar-refractivity contribution in [1.82, 2.24) is 5.43 Å². The van der Waals surface area contributed by atoms with Gasteiger partial charge in [0, 0.05) is 10.3 Å². The molecule has 0 radical (unpaired) electrons. The number of nitrogens with one attached hydrogen (secondary N) is 1. The van der Waals surface area contributed by atoms with Crippen LogP contribution in [0.4, 0.5) is 13.2 Å². The maximum Gasteiger partial charge on any atom is 0.573 e. The zero-order chi connectivity index (χ0) is 15.5. The summed E-state index contributed by atoms with van der Waals surface area (Å²) in [5.74, 6) is 5.89. The molecule has 114 valence electrons. The number of hydrazine groups is 1. The standard InChI is InChI=1S/C13H13F3N2O2S/c1-19-10-6-11(21-7-10)12(18-17)8-3-2-4-9(5-8)20-13(14,15)16/h2-7,12,18H,17H2,1H3. The minimum Gasteiger partial charge on any atom is -0.496 e. The topological polar surface area (TPSA) is 56.5 Å². The Morgan fingerprint density at radius 1 is 1.24 bits per heavy atom. The van der Waals surface area contributed by atoms with Crippen LogP contribution in [-0.2, 0) is 0 Å². The minimum absolute atomic E-state index is 0.288. The van der Waals surface area contributed by atoms with E-state index in [0.29, 0.717) is 11.3 Å². The molecule has 1 aromatic heterocycles. The lowest BCUT2D eigenvalue weighted by atomic mass is 10.1. The van der Waals surface area contributed by atoms with Gasteiger partial charge in [0.2, 0.25) is 0 Å². The van der Waals surface area contributed by atoms with Gasteiger partial charge in [-0.1, -0.05) is 12.1 Å². The molecular weight excluding hydrogens is 305 g/mol. The Balaban J connectivity index is 2.27. The van der Waals surface area contributed by atoms with Crippen LogP contribution < -0.4 is 20.7 Å². The molecule has 0 bridgehead atoms. The second-order valence-corrected chi connectivity index (χ2v) is 5.05. The van der Waals surface area contributed by atoms with E-state index in [1.165, 1.54) is 36.6 Å². The van der Waals surface area contributed by atoms with Crippen molar-refractivity contribution in [1.29, 1.82) is 0 Å². The molecule has 0 amide bonds. The summed E-state index contributed by atoms with van der Waals surface area (Å²) in [6.07, 6.45) is -4.73. The number of halogens is 3. The minimum atomic E-state index is -4.73. The first-order valence-corrected chi connectivity index (χ1v) is 6.75. The summed E-state index contributed by atoms with van der Waals surface area (Å²) in [7, 11) is 1.54. The SMILES string of the molecule is COc1csc(C(NN)c2cccc(OC(F)(F)F)c2)c1. The molecule has 1 atom stereocenters. The molecule has 0 aliphatic carbocycles. The Morgan fingerprint density at radius 2 is 2.00 bits per heavy atom. The van der Waals surface area contributed by atoms with Gasteiger partial charge in [-0.05, 0) is 23.8 Å². The summed E-state index contributed by atoms with van der Waals surface area (Å²) >= 11 is 1.39. The molecule has 0 spiro atoms. The molecule has 2 aromatic rings. The van der Waals surface area contributed by atoms with Gasteiger partial charge in [-0.2, -0.15) is 0 Å². The van der Waals surface area contributed by atoms with Gasteiger partial charge in [0.15, 0.2) is 0 Å². The van der Waals surface area contributed by atoms with Gasteiger partial charge in [-0.15, -0.1) is 24.5 Å². The first kappa shape index (κ1) is 15.6. The average molecular weight is 318 g/mol. The smallest absolute Gasteiger partial charge is 0.496 e. The summed E-state index contributed by atoms with van der Waals surface area (Å²) in [4.78, 5) is 0.818. The van der Waals surface area contributed by atoms with E-state index in [4.69, 9.17) is 10.6 Å². The van der Waals surface area contributed by atoms with E-state index in [1.54, 1.807) is 17.5 Å². The van der Waals surface area contributed by atoms with Crippen LogP contribution in [0.1, 0.15) is 16.5 Å². The number of rotatable bonds is 5. The van der Waals surface area contributed by atoms with Crippen molar-refractivity contribution in [3.05, 3.63) is 46.2 Å². The highest BCUT2D eigenvalue weighted by Gasteiger charge is 2.31. The zero-order valence-electron chi connectivity index (χ0n) is 11.0. The molecule has 21 heavy (non-hydrogen) atoms. The lowest BCUT2D eigenvalue weighted by Gasteiger charge is -2.16. The highest BCUT2D eigenvalue weighted by Crippen LogP contribution is 2.32. The van der Waals surface area contributed by atoms with Crippen molar-refractivity contribution in [3.63, 3.8) is 0 Å². The van der Waals surface area contributed by atoms with Gasteiger partial charge < -0.3 is 9.47 Å².